The largest absolute Gasteiger partial charge is 0.497 e. The van der Waals surface area contributed by atoms with Gasteiger partial charge in [-0.1, -0.05) is 13.8 Å². The molecule has 1 fully saturated rings. The van der Waals surface area contributed by atoms with Crippen molar-refractivity contribution < 1.29 is 28.7 Å². The molecule has 0 saturated carbocycles. The van der Waals surface area contributed by atoms with Gasteiger partial charge in [-0.05, 0) is 43.9 Å². The quantitative estimate of drug-likeness (QED) is 0.342. The predicted molar refractivity (Wildman–Crippen MR) is 152 cm³/mol. The fourth-order valence-corrected chi connectivity index (χ4v) is 6.52. The van der Waals surface area contributed by atoms with E-state index in [0.717, 1.165) is 9.71 Å². The zero-order valence-electron chi connectivity index (χ0n) is 23.5. The van der Waals surface area contributed by atoms with Gasteiger partial charge in [-0.3, -0.25) is 25.0 Å². The molecule has 0 spiro atoms. The van der Waals surface area contributed by atoms with E-state index in [9.17, 15) is 19.2 Å². The van der Waals surface area contributed by atoms with Crippen molar-refractivity contribution in [2.75, 3.05) is 19.5 Å². The van der Waals surface area contributed by atoms with Crippen LogP contribution < -0.4 is 25.4 Å². The smallest absolute Gasteiger partial charge is 0.321 e. The van der Waals surface area contributed by atoms with Gasteiger partial charge in [-0.25, -0.2) is 14.8 Å². The highest BCUT2D eigenvalue weighted by atomic mass is 32.1. The van der Waals surface area contributed by atoms with Crippen LogP contribution in [0, 0.1) is 5.92 Å². The van der Waals surface area contributed by atoms with Crippen LogP contribution in [0.4, 0.5) is 10.6 Å². The second kappa shape index (κ2) is 11.0. The molecule has 1 saturated heterocycles. The summed E-state index contributed by atoms with van der Waals surface area (Å²) in [5.41, 5.74) is 0.699. The Hall–Kier alpha value is -4.26. The number of benzene rings is 1. The van der Waals surface area contributed by atoms with Crippen molar-refractivity contribution in [3.63, 3.8) is 0 Å². The van der Waals surface area contributed by atoms with E-state index in [4.69, 9.17) is 14.5 Å². The van der Waals surface area contributed by atoms with Gasteiger partial charge < -0.3 is 19.7 Å². The highest BCUT2D eigenvalue weighted by molar-refractivity contribution is 7.18. The molecule has 12 nitrogen and oxygen atoms in total. The lowest BCUT2D eigenvalue weighted by molar-refractivity contribution is -0.136. The first-order valence-corrected chi connectivity index (χ1v) is 14.1. The minimum Gasteiger partial charge on any atom is -0.497 e. The minimum atomic E-state index is -0.810. The summed E-state index contributed by atoms with van der Waals surface area (Å²) >= 11 is 1.46. The number of nitrogens with zero attached hydrogens (tertiary/aromatic N) is 3. The van der Waals surface area contributed by atoms with Gasteiger partial charge in [0.1, 0.15) is 33.9 Å². The first-order chi connectivity index (χ1) is 19.5. The molecule has 2 aliphatic heterocycles. The fourth-order valence-electron chi connectivity index (χ4n) is 5.40. The van der Waals surface area contributed by atoms with Crippen molar-refractivity contribution >= 4 is 51.1 Å². The van der Waals surface area contributed by atoms with Crippen molar-refractivity contribution in [3.8, 4) is 11.5 Å². The Balaban J connectivity index is 1.35. The minimum absolute atomic E-state index is 0.111. The number of hydrogen-bond donors (Lipinski definition) is 3. The van der Waals surface area contributed by atoms with E-state index < -0.39 is 23.5 Å². The van der Waals surface area contributed by atoms with E-state index >= 15 is 0 Å². The number of fused-ring (bicyclic) bond motifs is 2. The van der Waals surface area contributed by atoms with E-state index in [-0.39, 0.29) is 42.9 Å². The van der Waals surface area contributed by atoms with Crippen LogP contribution in [0.1, 0.15) is 61.1 Å². The molecule has 3 aromatic rings. The average molecular weight is 581 g/mol. The Labute approximate surface area is 240 Å². The number of imide groups is 1. The Morgan fingerprint density at radius 1 is 1.20 bits per heavy atom. The molecule has 0 bridgehead atoms. The van der Waals surface area contributed by atoms with E-state index in [2.05, 4.69) is 34.8 Å². The van der Waals surface area contributed by atoms with Gasteiger partial charge in [0.05, 0.1) is 42.3 Å². The summed E-state index contributed by atoms with van der Waals surface area (Å²) in [5.74, 6) is 0.577. The molecule has 0 aliphatic carbocycles. The van der Waals surface area contributed by atoms with Crippen LogP contribution in [0.3, 0.4) is 0 Å². The maximum absolute atomic E-state index is 13.3. The number of methoxy groups -OCH3 is 2. The number of hydrogen-bond acceptors (Lipinski definition) is 9. The van der Waals surface area contributed by atoms with Crippen molar-refractivity contribution in [2.45, 2.75) is 58.2 Å². The Kier molecular flexibility index (Phi) is 7.56. The first-order valence-electron chi connectivity index (χ1n) is 13.3. The van der Waals surface area contributed by atoms with Crippen molar-refractivity contribution in [1.29, 1.82) is 0 Å². The summed E-state index contributed by atoms with van der Waals surface area (Å²) in [6.45, 7) is 6.18. The van der Waals surface area contributed by atoms with E-state index in [1.165, 1.54) is 16.2 Å². The molecular weight excluding hydrogens is 548 g/mol. The third-order valence-electron chi connectivity index (χ3n) is 7.18. The Bertz CT molecular complexity index is 1550. The lowest BCUT2D eigenvalue weighted by atomic mass is 9.91. The van der Waals surface area contributed by atoms with Crippen LogP contribution in [0.15, 0.2) is 24.3 Å². The van der Waals surface area contributed by atoms with Crippen LogP contribution in [-0.2, 0) is 21.7 Å². The van der Waals surface area contributed by atoms with Crippen molar-refractivity contribution in [2.24, 2.45) is 5.92 Å². The predicted octanol–water partition coefficient (Wildman–Crippen LogP) is 3.55. The summed E-state index contributed by atoms with van der Waals surface area (Å²) in [5, 5.41) is 8.88. The number of amides is 5. The van der Waals surface area contributed by atoms with Gasteiger partial charge in [0.2, 0.25) is 11.8 Å². The van der Waals surface area contributed by atoms with Crippen molar-refractivity contribution in [1.82, 2.24) is 25.5 Å². The standard InChI is InChI=1S/C28H32N6O6S/c1-14(2)12-28(3,26-32-23-19(40-5)10-15(39-4)11-20(23)41-26)33-27(38)30-21-8-6-16-17(29-21)13-34(25(16)37)18-7-9-22(35)31-24(18)36/h6,8,10-11,14,18H,7,9,12-13H2,1-5H3,(H,31,35,36)(H2,29,30,33,38)/t18?,28-/m0/s1. The third kappa shape index (κ3) is 5.53. The van der Waals surface area contributed by atoms with Crippen LogP contribution in [0.5, 0.6) is 11.5 Å². The van der Waals surface area contributed by atoms with Gasteiger partial charge in [-0.2, -0.15) is 0 Å². The lowest BCUT2D eigenvalue weighted by Crippen LogP contribution is -2.52. The molecule has 13 heteroatoms. The second-order valence-corrected chi connectivity index (χ2v) is 11.8. The maximum atomic E-state index is 13.3. The molecule has 0 radical (unpaired) electrons. The zero-order chi connectivity index (χ0) is 29.5. The van der Waals surface area contributed by atoms with Gasteiger partial charge in [0.15, 0.2) is 0 Å². The number of nitrogens with one attached hydrogen (secondary N) is 3. The number of piperidine rings is 1. The van der Waals surface area contributed by atoms with Crippen LogP contribution in [-0.4, -0.2) is 58.9 Å². The molecule has 1 aromatic carbocycles. The van der Waals surface area contributed by atoms with E-state index in [1.807, 2.05) is 13.0 Å². The molecular formula is C28H32N6O6S. The number of carbonyl (C=O) groups is 4. The number of ether oxygens (including phenoxy) is 2. The molecule has 2 aromatic heterocycles. The Morgan fingerprint density at radius 3 is 2.66 bits per heavy atom. The SMILES string of the molecule is COc1cc(OC)c2nc([C@](C)(CC(C)C)NC(=O)Nc3ccc4c(n3)CN(C3CCC(=O)NC3=O)C4=O)sc2c1. The third-order valence-corrected chi connectivity index (χ3v) is 8.45. The fraction of sp³-hybridized carbons (Fsp3) is 0.429. The number of pyridine rings is 1. The molecule has 5 rings (SSSR count). The molecule has 216 valence electrons. The molecule has 2 atom stereocenters. The highest BCUT2D eigenvalue weighted by Gasteiger charge is 2.40. The first kappa shape index (κ1) is 28.3. The van der Waals surface area contributed by atoms with Gasteiger partial charge in [0.25, 0.3) is 5.91 Å². The molecule has 4 heterocycles. The lowest BCUT2D eigenvalue weighted by Gasteiger charge is -2.30. The molecule has 5 amide bonds. The maximum Gasteiger partial charge on any atom is 0.321 e. The summed E-state index contributed by atoms with van der Waals surface area (Å²) in [7, 11) is 3.17. The number of thiazole rings is 1. The normalized spacial score (nSPS) is 18.2. The second-order valence-electron chi connectivity index (χ2n) is 10.8. The molecule has 41 heavy (non-hydrogen) atoms. The number of anilines is 1. The molecule has 3 N–H and O–H groups in total. The number of urea groups is 1. The van der Waals surface area contributed by atoms with Gasteiger partial charge in [0, 0.05) is 12.5 Å². The van der Waals surface area contributed by atoms with Gasteiger partial charge in [-0.15, -0.1) is 11.3 Å². The van der Waals surface area contributed by atoms with Crippen LogP contribution in [0.25, 0.3) is 10.2 Å². The topological polar surface area (TPSA) is 152 Å². The molecule has 1 unspecified atom stereocenters. The van der Waals surface area contributed by atoms with Crippen LogP contribution >= 0.6 is 11.3 Å². The summed E-state index contributed by atoms with van der Waals surface area (Å²) in [6, 6.07) is 5.60. The van der Waals surface area contributed by atoms with Gasteiger partial charge >= 0.3 is 6.03 Å². The number of carbonyl (C=O) groups excluding carboxylic acids is 4. The Morgan fingerprint density at radius 2 is 1.98 bits per heavy atom. The number of rotatable bonds is 8. The molecule has 2 aliphatic rings. The summed E-state index contributed by atoms with van der Waals surface area (Å²) in [6.07, 6.45) is 1.05. The summed E-state index contributed by atoms with van der Waals surface area (Å²) < 4.78 is 11.8. The van der Waals surface area contributed by atoms with Crippen LogP contribution in [0.2, 0.25) is 0 Å². The van der Waals surface area contributed by atoms with E-state index in [0.29, 0.717) is 34.7 Å². The average Bonchev–Trinajstić information content (AvgIpc) is 3.49. The highest BCUT2D eigenvalue weighted by Crippen LogP contribution is 2.39. The monoisotopic (exact) mass is 580 g/mol. The zero-order valence-corrected chi connectivity index (χ0v) is 24.3. The summed E-state index contributed by atoms with van der Waals surface area (Å²) in [4.78, 5) is 60.8. The van der Waals surface area contributed by atoms with Crippen molar-refractivity contribution in [3.05, 3.63) is 40.5 Å². The van der Waals surface area contributed by atoms with E-state index in [1.54, 1.807) is 32.4 Å². The number of aromatic nitrogens is 2.